The molecule has 0 saturated heterocycles. The third-order valence-electron chi connectivity index (χ3n) is 3.99. The molecule has 2 aromatic rings. The normalized spacial score (nSPS) is 11.5. The molecule has 2 rings (SSSR count). The van der Waals surface area contributed by atoms with E-state index < -0.39 is 0 Å². The Morgan fingerprint density at radius 2 is 2.00 bits per heavy atom. The van der Waals surface area contributed by atoms with E-state index in [1.165, 1.54) is 11.1 Å². The van der Waals surface area contributed by atoms with Gasteiger partial charge in [-0.05, 0) is 52.4 Å². The fourth-order valence-electron chi connectivity index (χ4n) is 2.90. The Labute approximate surface area is 144 Å². The third kappa shape index (κ3) is 4.82. The SMILES string of the molecule is Cc1nn(CCO)c(C)c1CN(C)Cc1cccc(OC(C)C)c1. The molecule has 0 unspecified atom stereocenters. The van der Waals surface area contributed by atoms with Gasteiger partial charge >= 0.3 is 0 Å². The summed E-state index contributed by atoms with van der Waals surface area (Å²) in [5.74, 6) is 0.916. The molecule has 0 fully saturated rings. The van der Waals surface area contributed by atoms with Gasteiger partial charge in [-0.2, -0.15) is 5.10 Å². The van der Waals surface area contributed by atoms with Gasteiger partial charge in [0.2, 0.25) is 0 Å². The Balaban J connectivity index is 2.04. The molecule has 24 heavy (non-hydrogen) atoms. The summed E-state index contributed by atoms with van der Waals surface area (Å²) in [5, 5.41) is 13.6. The van der Waals surface area contributed by atoms with Crippen LogP contribution in [0, 0.1) is 13.8 Å². The van der Waals surface area contributed by atoms with Gasteiger partial charge in [-0.15, -0.1) is 0 Å². The average Bonchev–Trinajstić information content (AvgIpc) is 2.75. The lowest BCUT2D eigenvalue weighted by molar-refractivity contribution is 0.241. The second-order valence-corrected chi connectivity index (χ2v) is 6.58. The summed E-state index contributed by atoms with van der Waals surface area (Å²) in [6.07, 6.45) is 0.181. The van der Waals surface area contributed by atoms with Gasteiger partial charge in [-0.1, -0.05) is 12.1 Å². The predicted octanol–water partition coefficient (Wildman–Crippen LogP) is 2.91. The van der Waals surface area contributed by atoms with Crippen LogP contribution in [0.15, 0.2) is 24.3 Å². The highest BCUT2D eigenvalue weighted by atomic mass is 16.5. The first kappa shape index (κ1) is 18.5. The van der Waals surface area contributed by atoms with Crippen molar-refractivity contribution in [3.05, 3.63) is 46.8 Å². The quantitative estimate of drug-likeness (QED) is 0.808. The fraction of sp³-hybridized carbons (Fsp3) is 0.526. The van der Waals surface area contributed by atoms with Crippen molar-refractivity contribution in [2.24, 2.45) is 0 Å². The number of nitrogens with zero attached hydrogens (tertiary/aromatic N) is 3. The smallest absolute Gasteiger partial charge is 0.120 e. The maximum Gasteiger partial charge on any atom is 0.120 e. The summed E-state index contributed by atoms with van der Waals surface area (Å²) in [7, 11) is 2.11. The molecule has 0 aliphatic rings. The minimum Gasteiger partial charge on any atom is -0.491 e. The number of aliphatic hydroxyl groups is 1. The van der Waals surface area contributed by atoms with Crippen molar-refractivity contribution in [1.29, 1.82) is 0 Å². The zero-order chi connectivity index (χ0) is 17.7. The number of benzene rings is 1. The number of aromatic nitrogens is 2. The van der Waals surface area contributed by atoms with Crippen LogP contribution in [0.1, 0.15) is 36.4 Å². The van der Waals surface area contributed by atoms with Gasteiger partial charge in [0.1, 0.15) is 5.75 Å². The summed E-state index contributed by atoms with van der Waals surface area (Å²) in [4.78, 5) is 2.27. The molecule has 0 radical (unpaired) electrons. The van der Waals surface area contributed by atoms with Gasteiger partial charge in [-0.3, -0.25) is 9.58 Å². The van der Waals surface area contributed by atoms with Gasteiger partial charge in [-0.25, -0.2) is 0 Å². The van der Waals surface area contributed by atoms with Crippen molar-refractivity contribution in [2.75, 3.05) is 13.7 Å². The molecule has 1 aromatic heterocycles. The lowest BCUT2D eigenvalue weighted by Gasteiger charge is -2.18. The zero-order valence-corrected chi connectivity index (χ0v) is 15.4. The van der Waals surface area contributed by atoms with E-state index in [1.54, 1.807) is 0 Å². The third-order valence-corrected chi connectivity index (χ3v) is 3.99. The van der Waals surface area contributed by atoms with Gasteiger partial charge in [0, 0.05) is 24.3 Å². The van der Waals surface area contributed by atoms with Crippen molar-refractivity contribution in [3.8, 4) is 5.75 Å². The van der Waals surface area contributed by atoms with Gasteiger partial charge in [0.15, 0.2) is 0 Å². The van der Waals surface area contributed by atoms with Crippen molar-refractivity contribution < 1.29 is 9.84 Å². The first-order valence-corrected chi connectivity index (χ1v) is 8.48. The molecule has 0 atom stereocenters. The summed E-state index contributed by atoms with van der Waals surface area (Å²) < 4.78 is 7.65. The summed E-state index contributed by atoms with van der Waals surface area (Å²) >= 11 is 0. The van der Waals surface area contributed by atoms with Crippen molar-refractivity contribution in [1.82, 2.24) is 14.7 Å². The number of hydrogen-bond acceptors (Lipinski definition) is 4. The summed E-state index contributed by atoms with van der Waals surface area (Å²) in [6, 6.07) is 8.26. The van der Waals surface area contributed by atoms with E-state index in [2.05, 4.69) is 36.1 Å². The van der Waals surface area contributed by atoms with Crippen LogP contribution < -0.4 is 4.74 Å². The van der Waals surface area contributed by atoms with Crippen LogP contribution in [0.4, 0.5) is 0 Å². The largest absolute Gasteiger partial charge is 0.491 e. The molecular formula is C19H29N3O2. The minimum absolute atomic E-state index is 0.111. The molecule has 0 spiro atoms. The Morgan fingerprint density at radius 1 is 1.25 bits per heavy atom. The molecule has 0 amide bonds. The van der Waals surface area contributed by atoms with E-state index in [4.69, 9.17) is 9.84 Å². The lowest BCUT2D eigenvalue weighted by atomic mass is 10.1. The lowest BCUT2D eigenvalue weighted by Crippen LogP contribution is -2.18. The topological polar surface area (TPSA) is 50.5 Å². The van der Waals surface area contributed by atoms with E-state index in [9.17, 15) is 0 Å². The highest BCUT2D eigenvalue weighted by Crippen LogP contribution is 2.19. The molecule has 5 heteroatoms. The Bertz CT molecular complexity index is 665. The highest BCUT2D eigenvalue weighted by molar-refractivity contribution is 5.29. The van der Waals surface area contributed by atoms with Crippen molar-refractivity contribution >= 4 is 0 Å². The molecule has 0 bridgehead atoms. The van der Waals surface area contributed by atoms with Crippen LogP contribution in [0.2, 0.25) is 0 Å². The minimum atomic E-state index is 0.111. The molecule has 1 aromatic carbocycles. The zero-order valence-electron chi connectivity index (χ0n) is 15.4. The van der Waals surface area contributed by atoms with Crippen LogP contribution in [0.25, 0.3) is 0 Å². The van der Waals surface area contributed by atoms with E-state index in [0.717, 1.165) is 30.2 Å². The monoisotopic (exact) mass is 331 g/mol. The molecule has 0 aliphatic carbocycles. The van der Waals surface area contributed by atoms with E-state index in [1.807, 2.05) is 37.6 Å². The van der Waals surface area contributed by atoms with Gasteiger partial charge in [0.25, 0.3) is 0 Å². The Morgan fingerprint density at radius 3 is 2.67 bits per heavy atom. The molecular weight excluding hydrogens is 302 g/mol. The van der Waals surface area contributed by atoms with Crippen LogP contribution in [-0.4, -0.2) is 39.5 Å². The second kappa shape index (κ2) is 8.31. The molecule has 0 saturated carbocycles. The van der Waals surface area contributed by atoms with E-state index in [-0.39, 0.29) is 12.7 Å². The van der Waals surface area contributed by atoms with Crippen LogP contribution in [-0.2, 0) is 19.6 Å². The van der Waals surface area contributed by atoms with Gasteiger partial charge in [0.05, 0.1) is 24.9 Å². The van der Waals surface area contributed by atoms with Crippen LogP contribution in [0.5, 0.6) is 5.75 Å². The van der Waals surface area contributed by atoms with Crippen molar-refractivity contribution in [2.45, 2.75) is 53.4 Å². The van der Waals surface area contributed by atoms with Crippen LogP contribution >= 0.6 is 0 Å². The maximum atomic E-state index is 9.13. The van der Waals surface area contributed by atoms with E-state index in [0.29, 0.717) is 6.54 Å². The number of aryl methyl sites for hydroxylation is 1. The summed E-state index contributed by atoms with van der Waals surface area (Å²) in [5.41, 5.74) is 4.63. The van der Waals surface area contributed by atoms with Crippen LogP contribution in [0.3, 0.4) is 0 Å². The number of aliphatic hydroxyl groups excluding tert-OH is 1. The number of hydrogen-bond donors (Lipinski definition) is 1. The second-order valence-electron chi connectivity index (χ2n) is 6.58. The molecule has 0 aliphatic heterocycles. The fourth-order valence-corrected chi connectivity index (χ4v) is 2.90. The molecule has 5 nitrogen and oxygen atoms in total. The van der Waals surface area contributed by atoms with Crippen molar-refractivity contribution in [3.63, 3.8) is 0 Å². The molecule has 1 N–H and O–H groups in total. The summed E-state index contributed by atoms with van der Waals surface area (Å²) in [6.45, 7) is 10.5. The predicted molar refractivity (Wildman–Crippen MR) is 96.2 cm³/mol. The number of ether oxygens (including phenoxy) is 1. The Hall–Kier alpha value is -1.85. The maximum absolute atomic E-state index is 9.13. The first-order chi connectivity index (χ1) is 11.4. The molecule has 1 heterocycles. The Kier molecular flexibility index (Phi) is 6.40. The first-order valence-electron chi connectivity index (χ1n) is 8.48. The van der Waals surface area contributed by atoms with E-state index >= 15 is 0 Å². The highest BCUT2D eigenvalue weighted by Gasteiger charge is 2.13. The molecule has 132 valence electrons. The standard InChI is InChI=1S/C19H29N3O2/c1-14(2)24-18-8-6-7-17(11-18)12-21(5)13-19-15(3)20-22(9-10-23)16(19)4/h6-8,11,14,23H,9-10,12-13H2,1-5H3. The average molecular weight is 331 g/mol. The number of rotatable bonds is 8. The van der Waals surface area contributed by atoms with Gasteiger partial charge < -0.3 is 9.84 Å².